The number of benzene rings is 1. The molecule has 2 heterocycles. The number of carbonyl (C=O) groups excluding carboxylic acids is 1. The van der Waals surface area contributed by atoms with Crippen LogP contribution in [0.25, 0.3) is 10.9 Å². The van der Waals surface area contributed by atoms with E-state index in [1.807, 2.05) is 31.2 Å². The Morgan fingerprint density at radius 2 is 1.57 bits per heavy atom. The van der Waals surface area contributed by atoms with Crippen molar-refractivity contribution in [1.29, 1.82) is 0 Å². The minimum Gasteiger partial charge on any atom is -0.481 e. The van der Waals surface area contributed by atoms with E-state index in [9.17, 15) is 4.79 Å². The number of aryl methyl sites for hydroxylation is 1. The van der Waals surface area contributed by atoms with Gasteiger partial charge in [-0.25, -0.2) is 0 Å². The van der Waals surface area contributed by atoms with Crippen molar-refractivity contribution in [1.82, 2.24) is 9.97 Å². The summed E-state index contributed by atoms with van der Waals surface area (Å²) in [7, 11) is 0. The van der Waals surface area contributed by atoms with E-state index < -0.39 is 6.10 Å². The summed E-state index contributed by atoms with van der Waals surface area (Å²) in [5, 5.41) is 3.92. The first-order chi connectivity index (χ1) is 18.2. The van der Waals surface area contributed by atoms with E-state index in [1.165, 1.54) is 89.0 Å². The topological polar surface area (TPSA) is 67.0 Å². The standard InChI is InChI=1S/C32H47N3O2/c1-3-5-6-7-8-9-10-11-12-13-14-15-16-18-26-19-17-20-28(23-26)37-30(4-2)32(36)35-31-24-27-25-33-22-21-29(27)34-31/h17,19-25,30,34H,3-16,18H2,1-2H3,(H,35,36). The molecule has 0 aliphatic rings. The normalized spacial score (nSPS) is 12.1. The molecule has 0 radical (unpaired) electrons. The molecule has 37 heavy (non-hydrogen) atoms. The molecule has 3 rings (SSSR count). The Labute approximate surface area is 223 Å². The molecule has 2 N–H and O–H groups in total. The van der Waals surface area contributed by atoms with Crippen molar-refractivity contribution in [3.63, 3.8) is 0 Å². The lowest BCUT2D eigenvalue weighted by Crippen LogP contribution is -2.32. The maximum atomic E-state index is 12.8. The number of hydrogen-bond donors (Lipinski definition) is 2. The van der Waals surface area contributed by atoms with Crippen LogP contribution < -0.4 is 10.1 Å². The molecule has 3 aromatic rings. The molecule has 5 nitrogen and oxygen atoms in total. The lowest BCUT2D eigenvalue weighted by atomic mass is 10.0. The largest absolute Gasteiger partial charge is 0.481 e. The van der Waals surface area contributed by atoms with Crippen LogP contribution in [0.2, 0.25) is 0 Å². The van der Waals surface area contributed by atoms with Crippen LogP contribution in [0.15, 0.2) is 48.8 Å². The van der Waals surface area contributed by atoms with Gasteiger partial charge in [-0.3, -0.25) is 9.78 Å². The van der Waals surface area contributed by atoms with E-state index in [1.54, 1.807) is 12.4 Å². The van der Waals surface area contributed by atoms with Crippen molar-refractivity contribution < 1.29 is 9.53 Å². The van der Waals surface area contributed by atoms with Gasteiger partial charge in [-0.1, -0.05) is 103 Å². The number of fused-ring (bicyclic) bond motifs is 1. The van der Waals surface area contributed by atoms with Crippen LogP contribution in [0, 0.1) is 0 Å². The molecule has 0 saturated carbocycles. The van der Waals surface area contributed by atoms with Crippen molar-refractivity contribution >= 4 is 22.6 Å². The Balaban J connectivity index is 1.31. The van der Waals surface area contributed by atoms with Crippen molar-refractivity contribution in [2.75, 3.05) is 5.32 Å². The quantitative estimate of drug-likeness (QED) is 0.160. The molecule has 2 aromatic heterocycles. The van der Waals surface area contributed by atoms with Crippen LogP contribution in [0.5, 0.6) is 5.75 Å². The highest BCUT2D eigenvalue weighted by Gasteiger charge is 2.19. The average molecular weight is 506 g/mol. The van der Waals surface area contributed by atoms with Gasteiger partial charge in [0.15, 0.2) is 6.10 Å². The molecule has 1 amide bonds. The van der Waals surface area contributed by atoms with E-state index >= 15 is 0 Å². The first-order valence-electron chi connectivity index (χ1n) is 14.7. The summed E-state index contributed by atoms with van der Waals surface area (Å²) in [5.74, 6) is 1.27. The average Bonchev–Trinajstić information content (AvgIpc) is 3.32. The van der Waals surface area contributed by atoms with Gasteiger partial charge in [0.1, 0.15) is 11.6 Å². The highest BCUT2D eigenvalue weighted by molar-refractivity contribution is 5.96. The minimum atomic E-state index is -0.545. The van der Waals surface area contributed by atoms with Crippen LogP contribution in [0.4, 0.5) is 5.82 Å². The number of pyridine rings is 1. The number of aromatic amines is 1. The van der Waals surface area contributed by atoms with Crippen LogP contribution in [0.3, 0.4) is 0 Å². The number of unbranched alkanes of at least 4 members (excludes halogenated alkanes) is 12. The Bertz CT molecular complexity index is 1010. The fourth-order valence-corrected chi connectivity index (χ4v) is 4.86. The predicted octanol–water partition coefficient (Wildman–Crippen LogP) is 8.99. The smallest absolute Gasteiger partial charge is 0.266 e. The number of nitrogens with zero attached hydrogens (tertiary/aromatic N) is 1. The Hall–Kier alpha value is -2.82. The number of aromatic nitrogens is 2. The van der Waals surface area contributed by atoms with E-state index in [2.05, 4.69) is 34.3 Å². The number of nitrogens with one attached hydrogen (secondary N) is 2. The van der Waals surface area contributed by atoms with Gasteiger partial charge in [0.25, 0.3) is 5.91 Å². The first kappa shape index (κ1) is 28.7. The molecule has 202 valence electrons. The summed E-state index contributed by atoms with van der Waals surface area (Å²) in [5.41, 5.74) is 2.22. The molecule has 1 aromatic carbocycles. The summed E-state index contributed by atoms with van der Waals surface area (Å²) in [4.78, 5) is 20.2. The van der Waals surface area contributed by atoms with Gasteiger partial charge in [-0.2, -0.15) is 0 Å². The second-order valence-electron chi connectivity index (χ2n) is 10.3. The zero-order valence-corrected chi connectivity index (χ0v) is 23.1. The molecule has 1 atom stereocenters. The van der Waals surface area contributed by atoms with Crippen LogP contribution >= 0.6 is 0 Å². The number of anilines is 1. The van der Waals surface area contributed by atoms with Gasteiger partial charge in [-0.05, 0) is 49.1 Å². The SMILES string of the molecule is CCCCCCCCCCCCCCCc1cccc(OC(CC)C(=O)Nc2cc3cnccc3[nH]2)c1. The molecule has 1 unspecified atom stereocenters. The van der Waals surface area contributed by atoms with Crippen LogP contribution in [0.1, 0.15) is 109 Å². The number of rotatable bonds is 19. The zero-order chi connectivity index (χ0) is 26.1. The second-order valence-corrected chi connectivity index (χ2v) is 10.3. The molecule has 0 aliphatic heterocycles. The number of amides is 1. The number of ether oxygens (including phenoxy) is 1. The summed E-state index contributed by atoms with van der Waals surface area (Å²) in [6.45, 7) is 4.25. The van der Waals surface area contributed by atoms with E-state index in [4.69, 9.17) is 4.74 Å². The second kappa shape index (κ2) is 16.8. The first-order valence-corrected chi connectivity index (χ1v) is 14.7. The predicted molar refractivity (Wildman–Crippen MR) is 155 cm³/mol. The molecule has 0 saturated heterocycles. The van der Waals surface area contributed by atoms with E-state index in [0.717, 1.165) is 23.1 Å². The van der Waals surface area contributed by atoms with Gasteiger partial charge in [0.05, 0.1) is 5.52 Å². The monoisotopic (exact) mass is 505 g/mol. The highest BCUT2D eigenvalue weighted by Crippen LogP contribution is 2.21. The molecule has 0 bridgehead atoms. The number of hydrogen-bond acceptors (Lipinski definition) is 3. The Morgan fingerprint density at radius 3 is 2.22 bits per heavy atom. The lowest BCUT2D eigenvalue weighted by molar-refractivity contribution is -0.122. The summed E-state index contributed by atoms with van der Waals surface area (Å²) >= 11 is 0. The molecule has 0 spiro atoms. The molecule has 5 heteroatoms. The minimum absolute atomic E-state index is 0.149. The van der Waals surface area contributed by atoms with Gasteiger partial charge >= 0.3 is 0 Å². The highest BCUT2D eigenvalue weighted by atomic mass is 16.5. The Kier molecular flexibility index (Phi) is 13.1. The van der Waals surface area contributed by atoms with Crippen LogP contribution in [-0.4, -0.2) is 22.0 Å². The summed E-state index contributed by atoms with van der Waals surface area (Å²) < 4.78 is 6.09. The van der Waals surface area contributed by atoms with Crippen molar-refractivity contribution in [3.8, 4) is 5.75 Å². The Morgan fingerprint density at radius 1 is 0.892 bits per heavy atom. The number of carbonyl (C=O) groups is 1. The fourth-order valence-electron chi connectivity index (χ4n) is 4.86. The van der Waals surface area contributed by atoms with Gasteiger partial charge in [0, 0.05) is 17.8 Å². The lowest BCUT2D eigenvalue weighted by Gasteiger charge is -2.17. The fraction of sp³-hybridized carbons (Fsp3) is 0.562. The third-order valence-electron chi connectivity index (χ3n) is 7.09. The van der Waals surface area contributed by atoms with Crippen molar-refractivity contribution in [3.05, 3.63) is 54.4 Å². The van der Waals surface area contributed by atoms with Crippen molar-refractivity contribution in [2.24, 2.45) is 0 Å². The maximum Gasteiger partial charge on any atom is 0.266 e. The molecule has 0 fully saturated rings. The molecular weight excluding hydrogens is 458 g/mol. The third kappa shape index (κ3) is 10.6. The van der Waals surface area contributed by atoms with Gasteiger partial charge in [-0.15, -0.1) is 0 Å². The van der Waals surface area contributed by atoms with Crippen molar-refractivity contribution in [2.45, 2.75) is 116 Å². The van der Waals surface area contributed by atoms with Crippen LogP contribution in [-0.2, 0) is 11.2 Å². The van der Waals surface area contributed by atoms with E-state index in [-0.39, 0.29) is 5.91 Å². The van der Waals surface area contributed by atoms with Gasteiger partial charge in [0.2, 0.25) is 0 Å². The third-order valence-corrected chi connectivity index (χ3v) is 7.09. The van der Waals surface area contributed by atoms with E-state index in [0.29, 0.717) is 12.2 Å². The summed E-state index contributed by atoms with van der Waals surface area (Å²) in [6.07, 6.45) is 22.4. The number of H-pyrrole nitrogens is 1. The maximum absolute atomic E-state index is 12.8. The summed E-state index contributed by atoms with van der Waals surface area (Å²) in [6, 6.07) is 12.0. The zero-order valence-electron chi connectivity index (χ0n) is 23.1. The molecule has 0 aliphatic carbocycles. The molecular formula is C32H47N3O2. The van der Waals surface area contributed by atoms with Gasteiger partial charge < -0.3 is 15.0 Å².